The molecule has 6 nitrogen and oxygen atoms in total. The van der Waals surface area contributed by atoms with Crippen molar-refractivity contribution in [1.29, 1.82) is 0 Å². The highest BCUT2D eigenvalue weighted by atomic mass is 32.1. The maximum absolute atomic E-state index is 12.7. The maximum atomic E-state index is 12.7. The summed E-state index contributed by atoms with van der Waals surface area (Å²) in [7, 11) is 1.72. The molecule has 0 aromatic carbocycles. The molecular weight excluding hydrogens is 313 g/mol. The van der Waals surface area contributed by atoms with Crippen molar-refractivity contribution >= 4 is 32.8 Å². The quantitative estimate of drug-likeness (QED) is 0.786. The van der Waals surface area contributed by atoms with Crippen molar-refractivity contribution in [3.8, 4) is 10.6 Å². The van der Waals surface area contributed by atoms with Crippen LogP contribution >= 0.6 is 22.9 Å². The molecule has 106 valence electrons. The predicted molar refractivity (Wildman–Crippen MR) is 69.1 cm³/mol. The topological polar surface area (TPSA) is 68.0 Å². The highest BCUT2D eigenvalue weighted by molar-refractivity contribution is 7.20. The van der Waals surface area contributed by atoms with Crippen molar-refractivity contribution in [2.45, 2.75) is 13.1 Å². The Morgan fingerprint density at radius 3 is 2.65 bits per heavy atom. The standard InChI is InChI=1S/C9H7F3N6S2/c1-3-4(5(13-2)20-17-3)6-16-18-7(9(10,11)12)14-15-8(18)19-6/h13H,1-2H3. The van der Waals surface area contributed by atoms with Crippen LogP contribution in [0.25, 0.3) is 15.5 Å². The van der Waals surface area contributed by atoms with Crippen LogP contribution in [0.4, 0.5) is 18.2 Å². The van der Waals surface area contributed by atoms with Crippen molar-refractivity contribution in [1.82, 2.24) is 24.2 Å². The van der Waals surface area contributed by atoms with Crippen LogP contribution in [-0.2, 0) is 6.18 Å². The van der Waals surface area contributed by atoms with E-state index in [0.717, 1.165) is 20.9 Å². The number of fused-ring (bicyclic) bond motifs is 1. The second-order valence-corrected chi connectivity index (χ2v) is 5.57. The number of hydrogen-bond donors (Lipinski definition) is 1. The Kier molecular flexibility index (Phi) is 2.90. The van der Waals surface area contributed by atoms with Gasteiger partial charge < -0.3 is 5.32 Å². The first-order valence-electron chi connectivity index (χ1n) is 5.35. The van der Waals surface area contributed by atoms with Gasteiger partial charge >= 0.3 is 6.18 Å². The number of alkyl halides is 3. The molecule has 0 unspecified atom stereocenters. The molecule has 0 fully saturated rings. The molecule has 0 atom stereocenters. The Bertz CT molecular complexity index is 770. The van der Waals surface area contributed by atoms with Crippen molar-refractivity contribution < 1.29 is 13.2 Å². The summed E-state index contributed by atoms with van der Waals surface area (Å²) in [4.78, 5) is 0.0972. The summed E-state index contributed by atoms with van der Waals surface area (Å²) >= 11 is 2.27. The number of nitrogens with one attached hydrogen (secondary N) is 1. The molecular formula is C9H7F3N6S2. The smallest absolute Gasteiger partial charge is 0.378 e. The number of aryl methyl sites for hydroxylation is 1. The van der Waals surface area contributed by atoms with E-state index in [1.165, 1.54) is 11.5 Å². The Hall–Kier alpha value is -1.75. The van der Waals surface area contributed by atoms with Crippen LogP contribution in [0, 0.1) is 6.92 Å². The molecule has 0 spiro atoms. The zero-order chi connectivity index (χ0) is 14.5. The number of rotatable bonds is 2. The van der Waals surface area contributed by atoms with E-state index in [1.54, 1.807) is 14.0 Å². The average molecular weight is 320 g/mol. The number of aromatic nitrogens is 5. The summed E-state index contributed by atoms with van der Waals surface area (Å²) in [5, 5.41) is 14.7. The fourth-order valence-corrected chi connectivity index (χ4v) is 3.44. The van der Waals surface area contributed by atoms with Crippen LogP contribution < -0.4 is 5.32 Å². The number of halogens is 3. The molecule has 3 rings (SSSR count). The third-order valence-corrected chi connectivity index (χ3v) is 4.42. The van der Waals surface area contributed by atoms with Gasteiger partial charge in [-0.3, -0.25) is 0 Å². The molecule has 0 saturated heterocycles. The van der Waals surface area contributed by atoms with E-state index >= 15 is 0 Å². The average Bonchev–Trinajstić information content (AvgIpc) is 2.98. The van der Waals surface area contributed by atoms with Crippen molar-refractivity contribution in [2.24, 2.45) is 0 Å². The molecule has 0 saturated carbocycles. The molecule has 20 heavy (non-hydrogen) atoms. The van der Waals surface area contributed by atoms with Crippen molar-refractivity contribution in [3.05, 3.63) is 11.5 Å². The van der Waals surface area contributed by atoms with E-state index in [4.69, 9.17) is 0 Å². The van der Waals surface area contributed by atoms with Gasteiger partial charge in [-0.05, 0) is 18.5 Å². The molecule has 1 N–H and O–H groups in total. The SMILES string of the molecule is CNc1snc(C)c1-c1nn2c(C(F)(F)F)nnc2s1. The van der Waals surface area contributed by atoms with Gasteiger partial charge in [0.2, 0.25) is 4.96 Å². The van der Waals surface area contributed by atoms with E-state index in [1.807, 2.05) is 0 Å². The first kappa shape index (κ1) is 13.2. The van der Waals surface area contributed by atoms with Gasteiger partial charge in [-0.2, -0.15) is 27.2 Å². The highest BCUT2D eigenvalue weighted by Crippen LogP contribution is 2.37. The summed E-state index contributed by atoms with van der Waals surface area (Å²) in [5.74, 6) is -1.12. The molecule has 3 aromatic rings. The molecule has 11 heteroatoms. The zero-order valence-electron chi connectivity index (χ0n) is 10.2. The van der Waals surface area contributed by atoms with E-state index in [0.29, 0.717) is 16.3 Å². The van der Waals surface area contributed by atoms with Crippen LogP contribution in [0.5, 0.6) is 0 Å². The minimum atomic E-state index is -4.58. The summed E-state index contributed by atoms with van der Waals surface area (Å²) in [6.45, 7) is 1.78. The second-order valence-electron chi connectivity index (χ2n) is 3.85. The first-order chi connectivity index (χ1) is 9.41. The molecule has 0 aliphatic heterocycles. The summed E-state index contributed by atoms with van der Waals surface area (Å²) in [6.07, 6.45) is -4.58. The molecule has 0 aliphatic carbocycles. The van der Waals surface area contributed by atoms with Gasteiger partial charge in [0.1, 0.15) is 5.00 Å². The highest BCUT2D eigenvalue weighted by Gasteiger charge is 2.38. The van der Waals surface area contributed by atoms with E-state index in [2.05, 4.69) is 25.0 Å². The Balaban J connectivity index is 2.19. The fraction of sp³-hybridized carbons (Fsp3) is 0.333. The van der Waals surface area contributed by atoms with Crippen LogP contribution in [0.15, 0.2) is 0 Å². The third-order valence-electron chi connectivity index (χ3n) is 2.55. The predicted octanol–water partition coefficient (Wildman–Crippen LogP) is 2.68. The lowest BCUT2D eigenvalue weighted by molar-refractivity contribution is -0.146. The van der Waals surface area contributed by atoms with Gasteiger partial charge in [0.15, 0.2) is 5.01 Å². The summed E-state index contributed by atoms with van der Waals surface area (Å²) < 4.78 is 43.1. The van der Waals surface area contributed by atoms with E-state index in [-0.39, 0.29) is 4.96 Å². The first-order valence-corrected chi connectivity index (χ1v) is 6.94. The fourth-order valence-electron chi connectivity index (χ4n) is 1.69. The van der Waals surface area contributed by atoms with Gasteiger partial charge in [-0.25, -0.2) is 0 Å². The lowest BCUT2D eigenvalue weighted by atomic mass is 10.2. The normalized spacial score (nSPS) is 12.2. The Labute approximate surface area is 118 Å². The van der Waals surface area contributed by atoms with E-state index < -0.39 is 12.0 Å². The number of hydrogen-bond acceptors (Lipinski definition) is 7. The molecule has 0 radical (unpaired) electrons. The monoisotopic (exact) mass is 320 g/mol. The number of nitrogens with zero attached hydrogens (tertiary/aromatic N) is 5. The van der Waals surface area contributed by atoms with Crippen LogP contribution in [-0.4, -0.2) is 31.2 Å². The van der Waals surface area contributed by atoms with E-state index in [9.17, 15) is 13.2 Å². The molecule has 0 bridgehead atoms. The molecule has 3 aromatic heterocycles. The molecule has 0 amide bonds. The minimum absolute atomic E-state index is 0.0972. The summed E-state index contributed by atoms with van der Waals surface area (Å²) in [5.41, 5.74) is 1.40. The van der Waals surface area contributed by atoms with Gasteiger partial charge in [0.05, 0.1) is 11.3 Å². The lowest BCUT2D eigenvalue weighted by Gasteiger charge is -2.01. The van der Waals surface area contributed by atoms with Gasteiger partial charge in [0.25, 0.3) is 5.82 Å². The largest absolute Gasteiger partial charge is 0.453 e. The summed E-state index contributed by atoms with van der Waals surface area (Å²) in [6, 6.07) is 0. The van der Waals surface area contributed by atoms with Crippen molar-refractivity contribution in [3.63, 3.8) is 0 Å². The Morgan fingerprint density at radius 2 is 2.00 bits per heavy atom. The Morgan fingerprint density at radius 1 is 1.25 bits per heavy atom. The van der Waals surface area contributed by atoms with Gasteiger partial charge in [-0.15, -0.1) is 10.2 Å². The molecule has 3 heterocycles. The van der Waals surface area contributed by atoms with Gasteiger partial charge in [-0.1, -0.05) is 11.3 Å². The van der Waals surface area contributed by atoms with Gasteiger partial charge in [0, 0.05) is 7.05 Å². The third kappa shape index (κ3) is 1.93. The van der Waals surface area contributed by atoms with Crippen molar-refractivity contribution in [2.75, 3.05) is 12.4 Å². The number of anilines is 1. The lowest BCUT2D eigenvalue weighted by Crippen LogP contribution is -2.11. The maximum Gasteiger partial charge on any atom is 0.453 e. The van der Waals surface area contributed by atoms with Crippen LogP contribution in [0.2, 0.25) is 0 Å². The van der Waals surface area contributed by atoms with Crippen LogP contribution in [0.3, 0.4) is 0 Å². The zero-order valence-corrected chi connectivity index (χ0v) is 11.8. The van der Waals surface area contributed by atoms with Crippen LogP contribution in [0.1, 0.15) is 11.5 Å². The second kappa shape index (κ2) is 4.38. The molecule has 0 aliphatic rings. The minimum Gasteiger partial charge on any atom is -0.378 e.